The summed E-state index contributed by atoms with van der Waals surface area (Å²) in [5.74, 6) is 0.635. The van der Waals surface area contributed by atoms with Crippen molar-refractivity contribution in [3.05, 3.63) is 81.2 Å². The zero-order chi connectivity index (χ0) is 22.1. The number of carbonyl (C=O) groups is 1. The summed E-state index contributed by atoms with van der Waals surface area (Å²) in [4.78, 5) is 32.9. The lowest BCUT2D eigenvalue weighted by Gasteiger charge is -2.20. The van der Waals surface area contributed by atoms with Crippen molar-refractivity contribution in [2.24, 2.45) is 0 Å². The molecule has 0 saturated carbocycles. The van der Waals surface area contributed by atoms with Gasteiger partial charge in [0.05, 0.1) is 19.6 Å². The summed E-state index contributed by atoms with van der Waals surface area (Å²) in [5.41, 5.74) is 2.06. The quantitative estimate of drug-likeness (QED) is 0.432. The Morgan fingerprint density at radius 1 is 1.06 bits per heavy atom. The van der Waals surface area contributed by atoms with Crippen LogP contribution in [-0.2, 0) is 9.53 Å². The van der Waals surface area contributed by atoms with E-state index in [2.05, 4.69) is 0 Å². The normalized spacial score (nSPS) is 12.0. The van der Waals surface area contributed by atoms with Gasteiger partial charge in [-0.3, -0.25) is 9.36 Å². The van der Waals surface area contributed by atoms with Crippen LogP contribution in [0.1, 0.15) is 22.3 Å². The van der Waals surface area contributed by atoms with Gasteiger partial charge in [-0.1, -0.05) is 42.5 Å². The van der Waals surface area contributed by atoms with Crippen LogP contribution in [0.5, 0.6) is 5.75 Å². The first-order valence-electron chi connectivity index (χ1n) is 9.75. The van der Waals surface area contributed by atoms with E-state index in [-0.39, 0.29) is 5.56 Å². The van der Waals surface area contributed by atoms with Gasteiger partial charge in [-0.05, 0) is 37.1 Å². The van der Waals surface area contributed by atoms with Gasteiger partial charge in [0.15, 0.2) is 6.04 Å². The van der Waals surface area contributed by atoms with Crippen LogP contribution in [0.15, 0.2) is 59.4 Å². The van der Waals surface area contributed by atoms with Gasteiger partial charge in [-0.25, -0.2) is 9.78 Å². The summed E-state index contributed by atoms with van der Waals surface area (Å²) >= 11 is 1.46. The molecule has 1 atom stereocenters. The number of methoxy groups -OCH3 is 2. The molecule has 4 aromatic rings. The van der Waals surface area contributed by atoms with Crippen molar-refractivity contribution in [1.29, 1.82) is 0 Å². The Hall–Kier alpha value is -3.45. The Labute approximate surface area is 183 Å². The highest BCUT2D eigenvalue weighted by molar-refractivity contribution is 7.19. The number of carbonyl (C=O) groups excluding carboxylic acids is 1. The number of hydrogen-bond acceptors (Lipinski definition) is 6. The van der Waals surface area contributed by atoms with E-state index in [4.69, 9.17) is 14.5 Å². The minimum Gasteiger partial charge on any atom is -0.497 e. The summed E-state index contributed by atoms with van der Waals surface area (Å²) in [6, 6.07) is 15.8. The van der Waals surface area contributed by atoms with Crippen molar-refractivity contribution < 1.29 is 14.3 Å². The lowest BCUT2D eigenvalue weighted by molar-refractivity contribution is -0.143. The zero-order valence-electron chi connectivity index (χ0n) is 17.7. The molecular weight excluding hydrogens is 412 g/mol. The maximum Gasteiger partial charge on any atom is 0.333 e. The monoisotopic (exact) mass is 434 g/mol. The highest BCUT2D eigenvalue weighted by Gasteiger charge is 2.29. The number of aryl methyl sites for hydroxylation is 2. The van der Waals surface area contributed by atoms with Gasteiger partial charge in [0.1, 0.15) is 16.4 Å². The highest BCUT2D eigenvalue weighted by atomic mass is 32.1. The smallest absolute Gasteiger partial charge is 0.333 e. The topological polar surface area (TPSA) is 70.4 Å². The second kappa shape index (κ2) is 8.35. The van der Waals surface area contributed by atoms with E-state index < -0.39 is 12.0 Å². The van der Waals surface area contributed by atoms with Gasteiger partial charge in [0.2, 0.25) is 0 Å². The number of ether oxygens (including phenoxy) is 2. The van der Waals surface area contributed by atoms with Crippen LogP contribution in [0.4, 0.5) is 0 Å². The fraction of sp³-hybridized carbons (Fsp3) is 0.208. The number of benzene rings is 2. The van der Waals surface area contributed by atoms with Gasteiger partial charge in [0.25, 0.3) is 5.56 Å². The minimum atomic E-state index is -0.922. The summed E-state index contributed by atoms with van der Waals surface area (Å²) in [6.45, 7) is 3.70. The van der Waals surface area contributed by atoms with Gasteiger partial charge in [-0.2, -0.15) is 0 Å². The first-order chi connectivity index (χ1) is 15.0. The molecule has 31 heavy (non-hydrogen) atoms. The number of aromatic nitrogens is 2. The van der Waals surface area contributed by atoms with Crippen LogP contribution in [-0.4, -0.2) is 29.7 Å². The molecule has 0 bridgehead atoms. The molecule has 0 fully saturated rings. The van der Waals surface area contributed by atoms with Gasteiger partial charge < -0.3 is 9.47 Å². The standard InChI is InChI=1S/C24H22N2O4S/c1-14-19(17-11-8-12-18(13-17)29-3)20-22(31-14)25-15(2)26(23(20)27)21(24(28)30-4)16-9-6-5-7-10-16/h5-13,21H,1-4H3. The summed E-state index contributed by atoms with van der Waals surface area (Å²) in [6.07, 6.45) is 0. The summed E-state index contributed by atoms with van der Waals surface area (Å²) in [7, 11) is 2.93. The van der Waals surface area contributed by atoms with E-state index in [0.29, 0.717) is 27.4 Å². The third-order valence-corrected chi connectivity index (χ3v) is 6.27. The lowest BCUT2D eigenvalue weighted by atomic mass is 10.0. The number of esters is 1. The van der Waals surface area contributed by atoms with Crippen molar-refractivity contribution in [3.63, 3.8) is 0 Å². The molecule has 7 heteroatoms. The van der Waals surface area contributed by atoms with Crippen LogP contribution < -0.4 is 10.3 Å². The van der Waals surface area contributed by atoms with E-state index in [9.17, 15) is 9.59 Å². The molecule has 0 radical (unpaired) electrons. The average Bonchev–Trinajstić information content (AvgIpc) is 3.12. The van der Waals surface area contributed by atoms with Crippen LogP contribution in [0.25, 0.3) is 21.3 Å². The van der Waals surface area contributed by atoms with Crippen LogP contribution in [0, 0.1) is 13.8 Å². The molecule has 1 unspecified atom stereocenters. The van der Waals surface area contributed by atoms with E-state index in [1.54, 1.807) is 26.2 Å². The zero-order valence-corrected chi connectivity index (χ0v) is 18.5. The van der Waals surface area contributed by atoms with Crippen LogP contribution >= 0.6 is 11.3 Å². The first kappa shape index (κ1) is 20.8. The second-order valence-corrected chi connectivity index (χ2v) is 8.32. The molecule has 0 spiro atoms. The minimum absolute atomic E-state index is 0.274. The Morgan fingerprint density at radius 2 is 1.81 bits per heavy atom. The lowest BCUT2D eigenvalue weighted by Crippen LogP contribution is -2.33. The summed E-state index contributed by atoms with van der Waals surface area (Å²) < 4.78 is 11.8. The van der Waals surface area contributed by atoms with E-state index in [0.717, 1.165) is 16.0 Å². The average molecular weight is 435 g/mol. The maximum atomic E-state index is 13.8. The predicted molar refractivity (Wildman–Crippen MR) is 122 cm³/mol. The molecule has 0 saturated heterocycles. The van der Waals surface area contributed by atoms with Crippen molar-refractivity contribution in [2.75, 3.05) is 14.2 Å². The van der Waals surface area contributed by atoms with Crippen molar-refractivity contribution in [2.45, 2.75) is 19.9 Å². The first-order valence-corrected chi connectivity index (χ1v) is 10.6. The molecule has 6 nitrogen and oxygen atoms in total. The second-order valence-electron chi connectivity index (χ2n) is 7.12. The molecule has 0 amide bonds. The predicted octanol–water partition coefficient (Wildman–Crippen LogP) is 4.51. The molecule has 2 aromatic heterocycles. The molecular formula is C24H22N2O4S. The Balaban J connectivity index is 2.04. The van der Waals surface area contributed by atoms with E-state index in [1.807, 2.05) is 49.4 Å². The molecule has 4 rings (SSSR count). The SMILES string of the molecule is COC(=O)C(c1ccccc1)n1c(C)nc2sc(C)c(-c3cccc(OC)c3)c2c1=O. The molecule has 2 heterocycles. The molecule has 0 aliphatic heterocycles. The highest BCUT2D eigenvalue weighted by Crippen LogP contribution is 2.37. The van der Waals surface area contributed by atoms with Crippen molar-refractivity contribution in [3.8, 4) is 16.9 Å². The third-order valence-electron chi connectivity index (χ3n) is 5.27. The number of fused-ring (bicyclic) bond motifs is 1. The molecule has 0 N–H and O–H groups in total. The number of rotatable bonds is 5. The van der Waals surface area contributed by atoms with Gasteiger partial charge in [-0.15, -0.1) is 11.3 Å². The van der Waals surface area contributed by atoms with Gasteiger partial charge >= 0.3 is 5.97 Å². The fourth-order valence-electron chi connectivity index (χ4n) is 3.84. The van der Waals surface area contributed by atoms with Crippen molar-refractivity contribution in [1.82, 2.24) is 9.55 Å². The fourth-order valence-corrected chi connectivity index (χ4v) is 4.92. The Bertz CT molecular complexity index is 1320. The molecule has 2 aromatic carbocycles. The number of hydrogen-bond donors (Lipinski definition) is 0. The van der Waals surface area contributed by atoms with E-state index >= 15 is 0 Å². The van der Waals surface area contributed by atoms with Gasteiger partial charge in [0, 0.05) is 10.4 Å². The molecule has 0 aliphatic carbocycles. The van der Waals surface area contributed by atoms with E-state index in [1.165, 1.54) is 23.0 Å². The number of thiophene rings is 1. The largest absolute Gasteiger partial charge is 0.497 e. The Kier molecular flexibility index (Phi) is 5.61. The molecule has 0 aliphatic rings. The molecule has 158 valence electrons. The Morgan fingerprint density at radius 3 is 2.48 bits per heavy atom. The maximum absolute atomic E-state index is 13.8. The third kappa shape index (κ3) is 3.61. The summed E-state index contributed by atoms with van der Waals surface area (Å²) in [5, 5.41) is 0.492. The van der Waals surface area contributed by atoms with Crippen molar-refractivity contribution >= 4 is 27.5 Å². The van der Waals surface area contributed by atoms with Crippen LogP contribution in [0.2, 0.25) is 0 Å². The number of nitrogens with zero attached hydrogens (tertiary/aromatic N) is 2. The van der Waals surface area contributed by atoms with Crippen LogP contribution in [0.3, 0.4) is 0 Å².